The minimum atomic E-state index is -1.11. The highest BCUT2D eigenvalue weighted by molar-refractivity contribution is 5.86. The molecule has 0 saturated heterocycles. The van der Waals surface area contributed by atoms with Gasteiger partial charge in [0.2, 0.25) is 5.91 Å². The molecule has 0 radical (unpaired) electrons. The molecule has 1 aliphatic heterocycles. The summed E-state index contributed by atoms with van der Waals surface area (Å²) in [6, 6.07) is -1.08. The minimum absolute atomic E-state index is 0.0428. The predicted octanol–water partition coefficient (Wildman–Crippen LogP) is -0.146. The van der Waals surface area contributed by atoms with E-state index in [4.69, 9.17) is 0 Å². The average molecular weight is 291 g/mol. The fourth-order valence-corrected chi connectivity index (χ4v) is 2.45. The first-order valence-corrected chi connectivity index (χ1v) is 6.40. The first kappa shape index (κ1) is 13.3. The van der Waals surface area contributed by atoms with E-state index in [-0.39, 0.29) is 12.3 Å². The summed E-state index contributed by atoms with van der Waals surface area (Å²) in [5, 5.41) is 16.7. The summed E-state index contributed by atoms with van der Waals surface area (Å²) in [5.74, 6) is -1.44. The van der Waals surface area contributed by atoms with Crippen LogP contribution in [0.3, 0.4) is 0 Å². The number of hydrogen-bond donors (Lipinski definition) is 2. The van der Waals surface area contributed by atoms with E-state index >= 15 is 0 Å². The van der Waals surface area contributed by atoms with Crippen molar-refractivity contribution in [2.45, 2.75) is 25.8 Å². The van der Waals surface area contributed by atoms with Crippen molar-refractivity contribution < 1.29 is 19.3 Å². The number of carboxylic acid groups (broad SMARTS) is 1. The van der Waals surface area contributed by atoms with Gasteiger partial charge in [0.25, 0.3) is 0 Å². The molecule has 1 unspecified atom stereocenters. The van der Waals surface area contributed by atoms with E-state index in [1.165, 1.54) is 11.2 Å². The van der Waals surface area contributed by atoms with Crippen molar-refractivity contribution in [3.05, 3.63) is 29.1 Å². The Morgan fingerprint density at radius 1 is 1.52 bits per heavy atom. The standard InChI is InChI=1S/C12H13N5O4/c1-6-8(16-21-15-6)4-9(18)17-3-2-7-10(14-5-13-7)11(17)12(19)20/h5,11H,2-4H2,1H3,(H,13,14)(H,19,20). The second kappa shape index (κ2) is 5.00. The summed E-state index contributed by atoms with van der Waals surface area (Å²) < 4.78 is 4.55. The van der Waals surface area contributed by atoms with E-state index in [9.17, 15) is 14.7 Å². The van der Waals surface area contributed by atoms with Crippen molar-refractivity contribution in [3.8, 4) is 0 Å². The average Bonchev–Trinajstić information content (AvgIpc) is 3.06. The van der Waals surface area contributed by atoms with Gasteiger partial charge in [0.05, 0.1) is 18.4 Å². The van der Waals surface area contributed by atoms with Crippen LogP contribution in [0.2, 0.25) is 0 Å². The molecule has 0 aliphatic carbocycles. The van der Waals surface area contributed by atoms with Gasteiger partial charge in [-0.05, 0) is 6.92 Å². The Balaban J connectivity index is 1.86. The van der Waals surface area contributed by atoms with Gasteiger partial charge in [0.15, 0.2) is 6.04 Å². The number of nitrogens with one attached hydrogen (secondary N) is 1. The lowest BCUT2D eigenvalue weighted by atomic mass is 10.0. The number of rotatable bonds is 3. The minimum Gasteiger partial charge on any atom is -0.479 e. The number of imidazole rings is 1. The summed E-state index contributed by atoms with van der Waals surface area (Å²) in [6.07, 6.45) is 1.94. The van der Waals surface area contributed by atoms with Crippen molar-refractivity contribution in [3.63, 3.8) is 0 Å². The van der Waals surface area contributed by atoms with E-state index < -0.39 is 12.0 Å². The van der Waals surface area contributed by atoms with E-state index in [2.05, 4.69) is 24.9 Å². The molecule has 0 aromatic carbocycles. The maximum atomic E-state index is 12.4. The van der Waals surface area contributed by atoms with Crippen molar-refractivity contribution >= 4 is 11.9 Å². The number of carbonyl (C=O) groups is 2. The zero-order valence-corrected chi connectivity index (χ0v) is 11.2. The molecule has 3 rings (SSSR count). The van der Waals surface area contributed by atoms with Gasteiger partial charge in [-0.15, -0.1) is 0 Å². The van der Waals surface area contributed by atoms with Gasteiger partial charge in [0.1, 0.15) is 11.4 Å². The normalized spacial score (nSPS) is 17.6. The quantitative estimate of drug-likeness (QED) is 0.805. The lowest BCUT2D eigenvalue weighted by Gasteiger charge is -2.32. The summed E-state index contributed by atoms with van der Waals surface area (Å²) in [5.41, 5.74) is 2.08. The summed E-state index contributed by atoms with van der Waals surface area (Å²) >= 11 is 0. The molecule has 110 valence electrons. The molecule has 1 atom stereocenters. The number of nitrogens with zero attached hydrogens (tertiary/aromatic N) is 4. The van der Waals surface area contributed by atoms with E-state index in [0.717, 1.165) is 5.69 Å². The van der Waals surface area contributed by atoms with Crippen molar-refractivity contribution in [2.24, 2.45) is 0 Å². The van der Waals surface area contributed by atoms with Crippen LogP contribution < -0.4 is 0 Å². The summed E-state index contributed by atoms with van der Waals surface area (Å²) in [6.45, 7) is 1.99. The molecule has 0 saturated carbocycles. The first-order chi connectivity index (χ1) is 10.1. The van der Waals surface area contributed by atoms with Gasteiger partial charge in [-0.2, -0.15) is 0 Å². The molecule has 1 amide bonds. The van der Waals surface area contributed by atoms with Crippen LogP contribution in [-0.2, 0) is 22.4 Å². The molecule has 9 heteroatoms. The Kier molecular flexibility index (Phi) is 3.16. The van der Waals surface area contributed by atoms with E-state index in [1.807, 2.05) is 0 Å². The Morgan fingerprint density at radius 3 is 3.00 bits per heavy atom. The molecule has 0 fully saturated rings. The van der Waals surface area contributed by atoms with Gasteiger partial charge in [-0.25, -0.2) is 14.4 Å². The highest BCUT2D eigenvalue weighted by Crippen LogP contribution is 2.28. The maximum Gasteiger partial charge on any atom is 0.332 e. The molecule has 2 aromatic heterocycles. The third-order valence-corrected chi connectivity index (χ3v) is 3.54. The number of carbonyl (C=O) groups excluding carboxylic acids is 1. The lowest BCUT2D eigenvalue weighted by molar-refractivity contribution is -0.151. The number of hydrogen-bond acceptors (Lipinski definition) is 6. The molecular weight excluding hydrogens is 278 g/mol. The van der Waals surface area contributed by atoms with E-state index in [1.54, 1.807) is 6.92 Å². The molecule has 9 nitrogen and oxygen atoms in total. The zero-order valence-electron chi connectivity index (χ0n) is 11.2. The van der Waals surface area contributed by atoms with Crippen LogP contribution in [0.1, 0.15) is 28.8 Å². The monoisotopic (exact) mass is 291 g/mol. The largest absolute Gasteiger partial charge is 0.479 e. The molecule has 2 aromatic rings. The first-order valence-electron chi connectivity index (χ1n) is 6.40. The second-order valence-electron chi connectivity index (χ2n) is 4.82. The van der Waals surface area contributed by atoms with Crippen LogP contribution in [0.5, 0.6) is 0 Å². The predicted molar refractivity (Wildman–Crippen MR) is 67.1 cm³/mol. The zero-order chi connectivity index (χ0) is 15.0. The second-order valence-corrected chi connectivity index (χ2v) is 4.82. The number of aliphatic carboxylic acids is 1. The summed E-state index contributed by atoms with van der Waals surface area (Å²) in [7, 11) is 0. The smallest absolute Gasteiger partial charge is 0.332 e. The fourth-order valence-electron chi connectivity index (χ4n) is 2.45. The highest BCUT2D eigenvalue weighted by atomic mass is 16.6. The number of H-pyrrole nitrogens is 1. The van der Waals surface area contributed by atoms with Gasteiger partial charge in [-0.1, -0.05) is 10.3 Å². The molecule has 0 bridgehead atoms. The van der Waals surface area contributed by atoms with Crippen LogP contribution in [0, 0.1) is 6.92 Å². The highest BCUT2D eigenvalue weighted by Gasteiger charge is 2.38. The van der Waals surface area contributed by atoms with Crippen LogP contribution >= 0.6 is 0 Å². The molecule has 21 heavy (non-hydrogen) atoms. The fraction of sp³-hybridized carbons (Fsp3) is 0.417. The Labute approximate surface area is 118 Å². The number of aryl methyl sites for hydroxylation is 1. The molecule has 0 spiro atoms. The van der Waals surface area contributed by atoms with Crippen molar-refractivity contribution in [2.75, 3.05) is 6.54 Å². The lowest BCUT2D eigenvalue weighted by Crippen LogP contribution is -2.44. The molecular formula is C12H13N5O4. The number of aromatic nitrogens is 4. The Morgan fingerprint density at radius 2 is 2.33 bits per heavy atom. The van der Waals surface area contributed by atoms with Crippen molar-refractivity contribution in [1.82, 2.24) is 25.2 Å². The number of fused-ring (bicyclic) bond motifs is 1. The molecule has 2 N–H and O–H groups in total. The Hall–Kier alpha value is -2.71. The van der Waals surface area contributed by atoms with Gasteiger partial charge in [0, 0.05) is 18.7 Å². The van der Waals surface area contributed by atoms with Gasteiger partial charge in [-0.3, -0.25) is 4.79 Å². The van der Waals surface area contributed by atoms with Crippen LogP contribution in [-0.4, -0.2) is 48.7 Å². The van der Waals surface area contributed by atoms with Gasteiger partial charge < -0.3 is 15.0 Å². The van der Waals surface area contributed by atoms with Crippen LogP contribution in [0.25, 0.3) is 0 Å². The SMILES string of the molecule is Cc1nonc1CC(=O)N1CCc2[nH]cnc2C1C(=O)O. The van der Waals surface area contributed by atoms with Crippen LogP contribution in [0.4, 0.5) is 0 Å². The third-order valence-electron chi connectivity index (χ3n) is 3.54. The topological polar surface area (TPSA) is 125 Å². The Bertz CT molecular complexity index is 691. The number of amides is 1. The third kappa shape index (κ3) is 2.26. The number of aromatic amines is 1. The molecule has 3 heterocycles. The van der Waals surface area contributed by atoms with Crippen LogP contribution in [0.15, 0.2) is 11.0 Å². The number of carboxylic acids is 1. The van der Waals surface area contributed by atoms with E-state index in [0.29, 0.717) is 30.0 Å². The maximum absolute atomic E-state index is 12.4. The van der Waals surface area contributed by atoms with Crippen molar-refractivity contribution in [1.29, 1.82) is 0 Å². The van der Waals surface area contributed by atoms with Gasteiger partial charge >= 0.3 is 5.97 Å². The summed E-state index contributed by atoms with van der Waals surface area (Å²) in [4.78, 5) is 32.1. The molecule has 1 aliphatic rings.